The van der Waals surface area contributed by atoms with Gasteiger partial charge >= 0.3 is 0 Å². The van der Waals surface area contributed by atoms with Gasteiger partial charge in [0, 0.05) is 44.0 Å². The number of piperidine rings is 1. The Balaban J connectivity index is 1.43. The summed E-state index contributed by atoms with van der Waals surface area (Å²) in [5, 5.41) is 10.7. The molecule has 5 rings (SSSR count). The van der Waals surface area contributed by atoms with Crippen molar-refractivity contribution in [1.82, 2.24) is 29.6 Å². The summed E-state index contributed by atoms with van der Waals surface area (Å²) >= 11 is 0. The molecule has 2 N–H and O–H groups in total. The molecule has 11 heteroatoms. The number of piperazine rings is 1. The molecular formula is C32H48N6O4S. The smallest absolute Gasteiger partial charge is 0.246 e. The molecular weight excluding hydrogens is 564 g/mol. The van der Waals surface area contributed by atoms with E-state index in [1.807, 2.05) is 30.9 Å². The fourth-order valence-electron chi connectivity index (χ4n) is 7.22. The summed E-state index contributed by atoms with van der Waals surface area (Å²) in [7, 11) is -3.51. The first-order chi connectivity index (χ1) is 20.5. The molecule has 0 aliphatic carbocycles. The number of benzene rings is 1. The van der Waals surface area contributed by atoms with Gasteiger partial charge in [-0.3, -0.25) is 19.6 Å². The second kappa shape index (κ2) is 12.7. The molecule has 1 unspecified atom stereocenters. The first kappa shape index (κ1) is 31.7. The first-order valence-corrected chi connectivity index (χ1v) is 17.4. The zero-order valence-electron chi connectivity index (χ0n) is 26.4. The lowest BCUT2D eigenvalue weighted by Gasteiger charge is -2.52. The van der Waals surface area contributed by atoms with Gasteiger partial charge in [0.1, 0.15) is 11.6 Å². The Kier molecular flexibility index (Phi) is 9.34. The average Bonchev–Trinajstić information content (AvgIpc) is 3.64. The van der Waals surface area contributed by atoms with E-state index < -0.39 is 21.6 Å². The fourth-order valence-corrected chi connectivity index (χ4v) is 8.74. The third-order valence-corrected chi connectivity index (χ3v) is 11.5. The SMILES string of the molecule is CCCCN1C(=O)[C@H](CC(C)C)NC(=O)C12CCN(C(c1ccc(S(=O)(=O)N3CCCC3)cc1)c1c(C)n[nH]c1C)CC2. The Morgan fingerprint density at radius 2 is 1.67 bits per heavy atom. The molecule has 1 aromatic carbocycles. The van der Waals surface area contributed by atoms with Crippen LogP contribution in [0.15, 0.2) is 29.2 Å². The van der Waals surface area contributed by atoms with Gasteiger partial charge in [0.25, 0.3) is 0 Å². The molecule has 0 bridgehead atoms. The second-order valence-corrected chi connectivity index (χ2v) is 14.9. The van der Waals surface area contributed by atoms with E-state index >= 15 is 0 Å². The summed E-state index contributed by atoms with van der Waals surface area (Å²) in [5.41, 5.74) is 3.05. The molecule has 2 atom stereocenters. The minimum atomic E-state index is -3.51. The summed E-state index contributed by atoms with van der Waals surface area (Å²) < 4.78 is 28.0. The zero-order chi connectivity index (χ0) is 30.9. The third kappa shape index (κ3) is 6.00. The summed E-state index contributed by atoms with van der Waals surface area (Å²) in [4.78, 5) is 32.1. The minimum Gasteiger partial charge on any atom is -0.342 e. The highest BCUT2D eigenvalue weighted by molar-refractivity contribution is 7.89. The van der Waals surface area contributed by atoms with Gasteiger partial charge < -0.3 is 10.2 Å². The Bertz CT molecular complexity index is 1390. The van der Waals surface area contributed by atoms with E-state index in [0.717, 1.165) is 48.2 Å². The number of aryl methyl sites for hydroxylation is 2. The lowest BCUT2D eigenvalue weighted by Crippen LogP contribution is -2.73. The van der Waals surface area contributed by atoms with Crippen LogP contribution in [-0.2, 0) is 19.6 Å². The molecule has 3 fully saturated rings. The molecule has 236 valence electrons. The number of nitrogens with zero attached hydrogens (tertiary/aromatic N) is 4. The number of rotatable bonds is 10. The van der Waals surface area contributed by atoms with Crippen molar-refractivity contribution in [2.24, 2.45) is 5.92 Å². The number of likely N-dealkylation sites (tertiary alicyclic amines) is 1. The molecule has 1 spiro atoms. The van der Waals surface area contributed by atoms with Crippen molar-refractivity contribution in [3.63, 3.8) is 0 Å². The van der Waals surface area contributed by atoms with Crippen LogP contribution < -0.4 is 5.32 Å². The number of H-pyrrole nitrogens is 1. The predicted octanol–water partition coefficient (Wildman–Crippen LogP) is 3.91. The van der Waals surface area contributed by atoms with Crippen LogP contribution in [0.2, 0.25) is 0 Å². The zero-order valence-corrected chi connectivity index (χ0v) is 27.2. The van der Waals surface area contributed by atoms with Crippen LogP contribution in [0.3, 0.4) is 0 Å². The van der Waals surface area contributed by atoms with E-state index in [1.165, 1.54) is 0 Å². The highest BCUT2D eigenvalue weighted by Crippen LogP contribution is 2.40. The van der Waals surface area contributed by atoms with Crippen LogP contribution in [0.25, 0.3) is 0 Å². The molecule has 2 amide bonds. The largest absolute Gasteiger partial charge is 0.342 e. The number of carbonyl (C=O) groups excluding carboxylic acids is 2. The summed E-state index contributed by atoms with van der Waals surface area (Å²) in [6.07, 6.45) is 5.32. The molecule has 1 aromatic heterocycles. The molecule has 2 aromatic rings. The van der Waals surface area contributed by atoms with Crippen molar-refractivity contribution >= 4 is 21.8 Å². The molecule has 3 saturated heterocycles. The maximum atomic E-state index is 13.8. The summed E-state index contributed by atoms with van der Waals surface area (Å²) in [5.74, 6) is 0.317. The molecule has 0 radical (unpaired) electrons. The Morgan fingerprint density at radius 3 is 2.23 bits per heavy atom. The van der Waals surface area contributed by atoms with Crippen molar-refractivity contribution in [2.75, 3.05) is 32.7 Å². The molecule has 3 aliphatic heterocycles. The number of aromatic nitrogens is 2. The van der Waals surface area contributed by atoms with E-state index in [4.69, 9.17) is 0 Å². The Morgan fingerprint density at radius 1 is 1.02 bits per heavy atom. The van der Waals surface area contributed by atoms with Gasteiger partial charge in [-0.05, 0) is 76.0 Å². The number of carbonyl (C=O) groups is 2. The van der Waals surface area contributed by atoms with E-state index in [2.05, 4.69) is 41.2 Å². The number of hydrogen-bond donors (Lipinski definition) is 2. The Labute approximate surface area is 256 Å². The predicted molar refractivity (Wildman–Crippen MR) is 166 cm³/mol. The molecule has 3 aliphatic rings. The maximum Gasteiger partial charge on any atom is 0.246 e. The highest BCUT2D eigenvalue weighted by Gasteiger charge is 2.54. The Hall–Kier alpha value is -2.76. The van der Waals surface area contributed by atoms with E-state index in [1.54, 1.807) is 16.4 Å². The number of sulfonamides is 1. The topological polar surface area (TPSA) is 119 Å². The number of nitrogens with one attached hydrogen (secondary N) is 2. The van der Waals surface area contributed by atoms with Crippen LogP contribution in [0, 0.1) is 19.8 Å². The van der Waals surface area contributed by atoms with Crippen LogP contribution in [0.1, 0.15) is 94.3 Å². The van der Waals surface area contributed by atoms with Crippen molar-refractivity contribution in [3.8, 4) is 0 Å². The van der Waals surface area contributed by atoms with Gasteiger partial charge in [-0.25, -0.2) is 8.42 Å². The summed E-state index contributed by atoms with van der Waals surface area (Å²) in [6, 6.07) is 6.66. The summed E-state index contributed by atoms with van der Waals surface area (Å²) in [6.45, 7) is 13.2. The standard InChI is InChI=1S/C32H48N6O4S/c1-6-7-18-38-30(39)27(21-22(2)3)33-31(40)32(38)14-19-36(20-15-32)29(28-23(4)34-35-24(28)5)25-10-12-26(13-11-25)43(41,42)37-16-8-9-17-37/h10-13,22,27,29H,6-9,14-21H2,1-5H3,(H,33,40)(H,34,35)/t27-,29?/m0/s1. The molecule has 0 saturated carbocycles. The van der Waals surface area contributed by atoms with E-state index in [-0.39, 0.29) is 17.9 Å². The van der Waals surface area contributed by atoms with Gasteiger partial charge in [-0.1, -0.05) is 39.3 Å². The second-order valence-electron chi connectivity index (χ2n) is 13.0. The van der Waals surface area contributed by atoms with E-state index in [0.29, 0.717) is 62.8 Å². The van der Waals surface area contributed by atoms with Crippen molar-refractivity contribution in [1.29, 1.82) is 0 Å². The van der Waals surface area contributed by atoms with Gasteiger partial charge in [-0.2, -0.15) is 9.40 Å². The van der Waals surface area contributed by atoms with Crippen molar-refractivity contribution in [2.45, 2.75) is 102 Å². The van der Waals surface area contributed by atoms with Crippen LogP contribution in [-0.4, -0.2) is 88.8 Å². The van der Waals surface area contributed by atoms with Crippen LogP contribution >= 0.6 is 0 Å². The minimum absolute atomic E-state index is 0.0304. The lowest BCUT2D eigenvalue weighted by molar-refractivity contribution is -0.162. The third-order valence-electron chi connectivity index (χ3n) is 9.60. The fraction of sp³-hybridized carbons (Fsp3) is 0.656. The maximum absolute atomic E-state index is 13.8. The molecule has 4 heterocycles. The van der Waals surface area contributed by atoms with Crippen LogP contribution in [0.4, 0.5) is 0 Å². The van der Waals surface area contributed by atoms with Gasteiger partial charge in [0.15, 0.2) is 0 Å². The normalized spacial score (nSPS) is 22.5. The lowest BCUT2D eigenvalue weighted by atomic mass is 9.79. The first-order valence-electron chi connectivity index (χ1n) is 16.0. The van der Waals surface area contributed by atoms with Crippen molar-refractivity contribution in [3.05, 3.63) is 46.8 Å². The van der Waals surface area contributed by atoms with Gasteiger partial charge in [-0.15, -0.1) is 0 Å². The van der Waals surface area contributed by atoms with Gasteiger partial charge in [0.2, 0.25) is 21.8 Å². The highest BCUT2D eigenvalue weighted by atomic mass is 32.2. The molecule has 43 heavy (non-hydrogen) atoms. The van der Waals surface area contributed by atoms with E-state index in [9.17, 15) is 18.0 Å². The quantitative estimate of drug-likeness (QED) is 0.420. The number of amides is 2. The monoisotopic (exact) mass is 612 g/mol. The number of aromatic amines is 1. The molecule has 10 nitrogen and oxygen atoms in total. The van der Waals surface area contributed by atoms with Crippen molar-refractivity contribution < 1.29 is 18.0 Å². The van der Waals surface area contributed by atoms with Crippen LogP contribution in [0.5, 0.6) is 0 Å². The van der Waals surface area contributed by atoms with Gasteiger partial charge in [0.05, 0.1) is 16.6 Å². The number of unbranched alkanes of at least 4 members (excludes halogenated alkanes) is 1. The average molecular weight is 613 g/mol. The number of hydrogen-bond acceptors (Lipinski definition) is 6.